The summed E-state index contributed by atoms with van der Waals surface area (Å²) in [6.07, 6.45) is 1.11. The van der Waals surface area contributed by atoms with Crippen LogP contribution in [0, 0.1) is 0 Å². The largest absolute Gasteiger partial charge is 0.289 e. The first kappa shape index (κ1) is 14.5. The molecule has 0 saturated heterocycles. The van der Waals surface area contributed by atoms with Crippen LogP contribution in [-0.4, -0.2) is 20.5 Å². The van der Waals surface area contributed by atoms with Crippen LogP contribution in [0.4, 0.5) is 0 Å². The van der Waals surface area contributed by atoms with E-state index < -0.39 is 9.84 Å². The molecule has 1 aromatic heterocycles. The molecule has 19 heavy (non-hydrogen) atoms. The first-order valence-corrected chi connectivity index (χ1v) is 8.55. The Balaban J connectivity index is 2.38. The van der Waals surface area contributed by atoms with E-state index >= 15 is 0 Å². The molecule has 0 spiro atoms. The molecule has 0 atom stereocenters. The monoisotopic (exact) mass is 334 g/mol. The van der Waals surface area contributed by atoms with Gasteiger partial charge in [-0.2, -0.15) is 0 Å². The second-order valence-corrected chi connectivity index (χ2v) is 8.16. The van der Waals surface area contributed by atoms with E-state index in [1.165, 1.54) is 30.3 Å². The average Bonchev–Trinajstić information content (AvgIpc) is 2.66. The maximum Gasteiger partial charge on any atom is 0.195 e. The van der Waals surface area contributed by atoms with Crippen molar-refractivity contribution in [1.29, 1.82) is 0 Å². The van der Waals surface area contributed by atoms with Crippen LogP contribution in [0.5, 0.6) is 0 Å². The van der Waals surface area contributed by atoms with E-state index in [2.05, 4.69) is 0 Å². The van der Waals surface area contributed by atoms with Gasteiger partial charge < -0.3 is 0 Å². The third-order valence-electron chi connectivity index (χ3n) is 2.45. The second-order valence-electron chi connectivity index (χ2n) is 3.86. The smallest absolute Gasteiger partial charge is 0.195 e. The number of carbonyl (C=O) groups excluding carboxylic acids is 1. The predicted octanol–water partition coefficient (Wildman–Crippen LogP) is 3.69. The molecule has 2 aromatic rings. The number of sulfone groups is 1. The van der Waals surface area contributed by atoms with Gasteiger partial charge in [0.15, 0.2) is 15.6 Å². The minimum Gasteiger partial charge on any atom is -0.289 e. The molecule has 3 nitrogen and oxygen atoms in total. The van der Waals surface area contributed by atoms with E-state index in [-0.39, 0.29) is 10.7 Å². The van der Waals surface area contributed by atoms with Gasteiger partial charge in [0.25, 0.3) is 0 Å². The second kappa shape index (κ2) is 5.25. The molecule has 1 heterocycles. The number of hydrogen-bond donors (Lipinski definition) is 0. The van der Waals surface area contributed by atoms with Gasteiger partial charge in [0.1, 0.15) is 4.34 Å². The van der Waals surface area contributed by atoms with Crippen molar-refractivity contribution >= 4 is 50.2 Å². The van der Waals surface area contributed by atoms with Gasteiger partial charge in [-0.15, -0.1) is 11.3 Å². The molecular formula is C12H8Cl2O3S2. The minimum atomic E-state index is -3.27. The quantitative estimate of drug-likeness (QED) is 0.804. The van der Waals surface area contributed by atoms with Gasteiger partial charge >= 0.3 is 0 Å². The zero-order valence-electron chi connectivity index (χ0n) is 9.68. The lowest BCUT2D eigenvalue weighted by atomic mass is 10.1. The van der Waals surface area contributed by atoms with Crippen LogP contribution in [-0.2, 0) is 9.84 Å². The highest BCUT2D eigenvalue weighted by molar-refractivity contribution is 7.90. The third kappa shape index (κ3) is 3.17. The van der Waals surface area contributed by atoms with E-state index in [4.69, 9.17) is 23.2 Å². The van der Waals surface area contributed by atoms with Crippen LogP contribution >= 0.6 is 34.5 Å². The molecule has 0 saturated carbocycles. The number of hydrogen-bond acceptors (Lipinski definition) is 4. The zero-order valence-corrected chi connectivity index (χ0v) is 12.8. The third-order valence-corrected chi connectivity index (χ3v) is 5.06. The van der Waals surface area contributed by atoms with Crippen molar-refractivity contribution in [2.24, 2.45) is 0 Å². The van der Waals surface area contributed by atoms with Gasteiger partial charge in [-0.1, -0.05) is 23.2 Å². The fraction of sp³-hybridized carbons (Fsp3) is 0.0833. The Labute approximate surface area is 124 Å². The molecule has 1 aromatic carbocycles. The Hall–Kier alpha value is -0.880. The Bertz CT molecular complexity index is 731. The van der Waals surface area contributed by atoms with Crippen molar-refractivity contribution in [2.45, 2.75) is 4.90 Å². The van der Waals surface area contributed by atoms with E-state index in [0.717, 1.165) is 17.6 Å². The van der Waals surface area contributed by atoms with Gasteiger partial charge in [-0.05, 0) is 30.3 Å². The fourth-order valence-electron chi connectivity index (χ4n) is 1.50. The highest BCUT2D eigenvalue weighted by atomic mass is 35.5. The summed E-state index contributed by atoms with van der Waals surface area (Å²) in [6.45, 7) is 0. The molecule has 0 aliphatic heterocycles. The molecule has 100 valence electrons. The Morgan fingerprint density at radius 1 is 1.16 bits per heavy atom. The summed E-state index contributed by atoms with van der Waals surface area (Å²) in [4.78, 5) is 12.3. The van der Waals surface area contributed by atoms with Crippen LogP contribution in [0.25, 0.3) is 0 Å². The van der Waals surface area contributed by atoms with Crippen LogP contribution in [0.15, 0.2) is 35.2 Å². The van der Waals surface area contributed by atoms with Crippen molar-refractivity contribution in [2.75, 3.05) is 6.26 Å². The van der Waals surface area contributed by atoms with Gasteiger partial charge in [0, 0.05) is 11.8 Å². The highest BCUT2D eigenvalue weighted by Crippen LogP contribution is 2.32. The van der Waals surface area contributed by atoms with Crippen molar-refractivity contribution in [1.82, 2.24) is 0 Å². The van der Waals surface area contributed by atoms with Crippen molar-refractivity contribution in [3.8, 4) is 0 Å². The summed E-state index contributed by atoms with van der Waals surface area (Å²) < 4.78 is 23.4. The summed E-state index contributed by atoms with van der Waals surface area (Å²) in [5, 5.41) is 0. The van der Waals surface area contributed by atoms with E-state index in [0.29, 0.717) is 19.8 Å². The Morgan fingerprint density at radius 3 is 2.16 bits per heavy atom. The predicted molar refractivity (Wildman–Crippen MR) is 77.3 cm³/mol. The maximum atomic E-state index is 12.2. The van der Waals surface area contributed by atoms with Crippen LogP contribution in [0.1, 0.15) is 15.9 Å². The lowest BCUT2D eigenvalue weighted by Crippen LogP contribution is -2.02. The van der Waals surface area contributed by atoms with Crippen molar-refractivity contribution in [3.63, 3.8) is 0 Å². The lowest BCUT2D eigenvalue weighted by molar-refractivity contribution is 0.103. The summed E-state index contributed by atoms with van der Waals surface area (Å²) in [7, 11) is -3.27. The number of rotatable bonds is 3. The van der Waals surface area contributed by atoms with Crippen LogP contribution < -0.4 is 0 Å². The first-order valence-electron chi connectivity index (χ1n) is 5.08. The van der Waals surface area contributed by atoms with Crippen molar-refractivity contribution < 1.29 is 13.2 Å². The molecular weight excluding hydrogens is 327 g/mol. The molecule has 2 rings (SSSR count). The number of benzene rings is 1. The maximum absolute atomic E-state index is 12.2. The topological polar surface area (TPSA) is 51.2 Å². The fourth-order valence-corrected chi connectivity index (χ4v) is 3.59. The van der Waals surface area contributed by atoms with E-state index in [9.17, 15) is 13.2 Å². The molecule has 0 N–H and O–H groups in total. The number of halogens is 2. The first-order chi connectivity index (χ1) is 8.79. The number of ketones is 1. The van der Waals surface area contributed by atoms with Gasteiger partial charge in [-0.3, -0.25) is 4.79 Å². The van der Waals surface area contributed by atoms with Crippen LogP contribution in [0.2, 0.25) is 8.67 Å². The molecule has 0 fully saturated rings. The number of carbonyl (C=O) groups is 1. The van der Waals surface area contributed by atoms with Gasteiger partial charge in [-0.25, -0.2) is 8.42 Å². The summed E-state index contributed by atoms with van der Waals surface area (Å²) in [6, 6.07) is 7.21. The average molecular weight is 335 g/mol. The summed E-state index contributed by atoms with van der Waals surface area (Å²) in [5.74, 6) is -0.284. The van der Waals surface area contributed by atoms with Gasteiger partial charge in [0.2, 0.25) is 0 Å². The lowest BCUT2D eigenvalue weighted by Gasteiger charge is -2.01. The molecule has 0 bridgehead atoms. The normalized spacial score (nSPS) is 11.5. The van der Waals surface area contributed by atoms with E-state index in [1.807, 2.05) is 0 Å². The standard InChI is InChI=1S/C12H8Cl2O3S2/c1-19(16,17)8-4-2-7(3-5-8)11(15)9-6-10(13)18-12(9)14/h2-6H,1H3. The molecule has 0 aliphatic rings. The molecule has 0 amide bonds. The highest BCUT2D eigenvalue weighted by Gasteiger charge is 2.17. The molecule has 0 radical (unpaired) electrons. The summed E-state index contributed by atoms with van der Waals surface area (Å²) in [5.41, 5.74) is 0.688. The van der Waals surface area contributed by atoms with Gasteiger partial charge in [0.05, 0.1) is 14.8 Å². The Morgan fingerprint density at radius 2 is 1.74 bits per heavy atom. The summed E-state index contributed by atoms with van der Waals surface area (Å²) >= 11 is 12.8. The van der Waals surface area contributed by atoms with E-state index in [1.54, 1.807) is 0 Å². The minimum absolute atomic E-state index is 0.165. The molecule has 0 aliphatic carbocycles. The number of thiophene rings is 1. The Kier molecular flexibility index (Phi) is 4.01. The zero-order chi connectivity index (χ0) is 14.2. The van der Waals surface area contributed by atoms with Crippen molar-refractivity contribution in [3.05, 3.63) is 50.1 Å². The molecule has 7 heteroatoms. The van der Waals surface area contributed by atoms with Crippen LogP contribution in [0.3, 0.4) is 0 Å². The SMILES string of the molecule is CS(=O)(=O)c1ccc(C(=O)c2cc(Cl)sc2Cl)cc1. The molecule has 0 unspecified atom stereocenters.